The third-order valence-corrected chi connectivity index (χ3v) is 14.7. The van der Waals surface area contributed by atoms with Crippen molar-refractivity contribution in [2.75, 3.05) is 0 Å². The van der Waals surface area contributed by atoms with Gasteiger partial charge >= 0.3 is 137 Å². The number of rotatable bonds is 2. The number of fused-ring (bicyclic) bond motifs is 1. The molecule has 34 heavy (non-hydrogen) atoms. The van der Waals surface area contributed by atoms with Gasteiger partial charge in [-0.15, -0.1) is 11.3 Å². The van der Waals surface area contributed by atoms with Crippen molar-refractivity contribution in [3.8, 4) is 11.1 Å². The molecule has 1 aromatic heterocycles. The first kappa shape index (κ1) is 27.9. The van der Waals surface area contributed by atoms with Crippen molar-refractivity contribution < 1.29 is 49.5 Å². The quantitative estimate of drug-likeness (QED) is 0.397. The van der Waals surface area contributed by atoms with Gasteiger partial charge in [0, 0.05) is 10.4 Å². The van der Waals surface area contributed by atoms with E-state index in [0.717, 1.165) is 5.54 Å². The van der Waals surface area contributed by atoms with Crippen LogP contribution in [-0.2, 0) is 24.7 Å². The largest absolute Gasteiger partial charge is 1.00 e. The average Bonchev–Trinajstić information content (AvgIpc) is 3.45. The Bertz CT molecular complexity index is 1270. The summed E-state index contributed by atoms with van der Waals surface area (Å²) < 4.78 is 0.645. The molecule has 2 atom stereocenters. The van der Waals surface area contributed by atoms with Gasteiger partial charge in [0.2, 0.25) is 0 Å². The van der Waals surface area contributed by atoms with Crippen LogP contribution in [0.3, 0.4) is 0 Å². The first-order valence-corrected chi connectivity index (χ1v) is 17.0. The summed E-state index contributed by atoms with van der Waals surface area (Å²) in [6, 6.07) is 18.1. The molecule has 3 aromatic rings. The first-order chi connectivity index (χ1) is 15.2. The van der Waals surface area contributed by atoms with Gasteiger partial charge in [-0.05, 0) is 29.1 Å². The third kappa shape index (κ3) is 4.35. The smallest absolute Gasteiger partial charge is 1.00 e. The van der Waals surface area contributed by atoms with Crippen LogP contribution < -0.4 is 24.8 Å². The fraction of sp³-hybridized carbons (Fsp3) is 0.310. The Morgan fingerprint density at radius 2 is 1.59 bits per heavy atom. The molecular weight excluding hydrogens is 571 g/mol. The summed E-state index contributed by atoms with van der Waals surface area (Å²) in [7, 11) is -0.972. The molecule has 0 spiro atoms. The van der Waals surface area contributed by atoms with Crippen LogP contribution in [0.4, 0.5) is 0 Å². The van der Waals surface area contributed by atoms with E-state index in [-0.39, 0.29) is 24.8 Å². The molecule has 0 amide bonds. The van der Waals surface area contributed by atoms with Crippen LogP contribution in [0.2, 0.25) is 13.1 Å². The molecule has 175 valence electrons. The molecule has 0 nitrogen and oxygen atoms in total. The van der Waals surface area contributed by atoms with Crippen molar-refractivity contribution >= 4 is 30.7 Å². The molecule has 2 aliphatic heterocycles. The maximum Gasteiger partial charge on any atom is -1.00 e. The number of hydrogen-bond donors (Lipinski definition) is 0. The molecule has 2 aromatic carbocycles. The number of thiophene rings is 1. The monoisotopic (exact) mass is 599 g/mol. The van der Waals surface area contributed by atoms with Gasteiger partial charge < -0.3 is 24.8 Å². The van der Waals surface area contributed by atoms with Crippen LogP contribution in [0, 0.1) is 0 Å². The maximum absolute atomic E-state index is 2.51. The van der Waals surface area contributed by atoms with E-state index in [4.69, 9.17) is 0 Å². The van der Waals surface area contributed by atoms with Crippen LogP contribution in [0.5, 0.6) is 0 Å². The Hall–Kier alpha value is -0.700. The molecule has 0 radical (unpaired) electrons. The molecule has 4 aliphatic rings. The molecular formula is C29H31Cl2SSiZr. The van der Waals surface area contributed by atoms with Gasteiger partial charge in [0.05, 0.1) is 8.07 Å². The Balaban J connectivity index is 0.000000199. The molecule has 5 heteroatoms. The predicted molar refractivity (Wildman–Crippen MR) is 139 cm³/mol. The summed E-state index contributed by atoms with van der Waals surface area (Å²) in [6.07, 6.45) is 2.38. The Morgan fingerprint density at radius 3 is 2.18 bits per heavy atom. The number of hydrogen-bond acceptors (Lipinski definition) is 1. The van der Waals surface area contributed by atoms with Gasteiger partial charge in [0.1, 0.15) is 0 Å². The minimum Gasteiger partial charge on any atom is -1.00 e. The zero-order valence-electron chi connectivity index (χ0n) is 20.7. The van der Waals surface area contributed by atoms with Gasteiger partial charge in [-0.3, -0.25) is 0 Å². The Labute approximate surface area is 237 Å². The normalized spacial score (nSPS) is 20.3. The summed E-state index contributed by atoms with van der Waals surface area (Å²) in [6.45, 7) is 14.1. The minimum atomic E-state index is -0.972. The summed E-state index contributed by atoms with van der Waals surface area (Å²) in [5.74, 6) is 0.594. The minimum absolute atomic E-state index is 0. The molecule has 2 aliphatic carbocycles. The van der Waals surface area contributed by atoms with Crippen molar-refractivity contribution in [1.82, 2.24) is 0 Å². The van der Waals surface area contributed by atoms with E-state index in [1.807, 2.05) is 11.3 Å². The van der Waals surface area contributed by atoms with Crippen molar-refractivity contribution in [2.24, 2.45) is 0 Å². The van der Waals surface area contributed by atoms with E-state index in [2.05, 4.69) is 101 Å². The summed E-state index contributed by atoms with van der Waals surface area (Å²) in [5, 5.41) is 4.02. The van der Waals surface area contributed by atoms with Gasteiger partial charge in [0.15, 0.2) is 0 Å². The zero-order valence-corrected chi connectivity index (χ0v) is 26.5. The molecule has 0 saturated carbocycles. The van der Waals surface area contributed by atoms with Crippen LogP contribution in [0.25, 0.3) is 22.4 Å². The van der Waals surface area contributed by atoms with Crippen LogP contribution >= 0.6 is 11.3 Å². The Morgan fingerprint density at radius 1 is 0.912 bits per heavy atom. The van der Waals surface area contributed by atoms with Crippen molar-refractivity contribution in [3.63, 3.8) is 0 Å². The fourth-order valence-corrected chi connectivity index (χ4v) is 13.0. The second-order valence-electron chi connectivity index (χ2n) is 10.3. The van der Waals surface area contributed by atoms with Gasteiger partial charge in [-0.25, -0.2) is 0 Å². The summed E-state index contributed by atoms with van der Waals surface area (Å²) in [5.41, 5.74) is 12.8. The van der Waals surface area contributed by atoms with E-state index in [9.17, 15) is 0 Å². The first-order valence-electron chi connectivity index (χ1n) is 11.6. The van der Waals surface area contributed by atoms with E-state index >= 15 is 0 Å². The Kier molecular flexibility index (Phi) is 8.49. The van der Waals surface area contributed by atoms with Crippen LogP contribution in [0.1, 0.15) is 69.9 Å². The van der Waals surface area contributed by atoms with Crippen molar-refractivity contribution in [2.45, 2.75) is 55.9 Å². The van der Waals surface area contributed by atoms with Crippen molar-refractivity contribution in [3.05, 3.63) is 92.2 Å². The maximum atomic E-state index is 2.51. The third-order valence-electron chi connectivity index (χ3n) is 7.59. The zero-order chi connectivity index (χ0) is 22.8. The molecule has 0 N–H and O–H groups in total. The molecule has 2 bridgehead atoms. The standard InChI is InChI=1S/C19H19.C10H12SSi.2ClH.Zr/c1-13(2)15-7-9-16(10-8-15)18-6-4-5-17-11-14(3)12-19(17)18;1-6-9-7-4-5-11-8(7)10(6)12(9,2)3;;;/h4-13H,1-3H3;4-5,9H,1-3H3;2*1H;/q;;;;+2/p-2. The van der Waals surface area contributed by atoms with Crippen LogP contribution in [-0.4, -0.2) is 8.07 Å². The molecule has 2 unspecified atom stereocenters. The second kappa shape index (κ2) is 10.3. The van der Waals surface area contributed by atoms with Gasteiger partial charge in [0.25, 0.3) is 0 Å². The summed E-state index contributed by atoms with van der Waals surface area (Å²) in [4.78, 5) is 1.63. The van der Waals surface area contributed by atoms with Crippen LogP contribution in [0.15, 0.2) is 65.1 Å². The van der Waals surface area contributed by atoms with E-state index < -0.39 is 8.07 Å². The second-order valence-corrected chi connectivity index (χ2v) is 17.2. The number of halogens is 2. The van der Waals surface area contributed by atoms with E-state index in [1.165, 1.54) is 33.4 Å². The fourth-order valence-electron chi connectivity index (χ4n) is 5.96. The van der Waals surface area contributed by atoms with E-state index in [0.29, 0.717) is 9.54 Å². The topological polar surface area (TPSA) is 0 Å². The number of allylic oxidation sites excluding steroid dienone is 2. The molecule has 0 saturated heterocycles. The average molecular weight is 602 g/mol. The van der Waals surface area contributed by atoms with Gasteiger partial charge in [-0.2, -0.15) is 0 Å². The predicted octanol–water partition coefficient (Wildman–Crippen LogP) is 2.91. The number of benzene rings is 2. The SMILES string of the molecule is CC1=C2c3sccc3C1[Si]2(C)C.CC1=Cc2c(-c3ccc(C(C)C)cc3)cccc2[CH]1[Zr+2].[Cl-].[Cl-]. The van der Waals surface area contributed by atoms with E-state index in [1.54, 1.807) is 45.9 Å². The van der Waals surface area contributed by atoms with Gasteiger partial charge in [-0.1, -0.05) is 18.7 Å². The summed E-state index contributed by atoms with van der Waals surface area (Å²) >= 11 is 3.53. The molecule has 7 rings (SSSR count). The molecule has 0 fully saturated rings. The molecule has 3 heterocycles. The van der Waals surface area contributed by atoms with Crippen molar-refractivity contribution in [1.29, 1.82) is 0 Å².